The van der Waals surface area contributed by atoms with Crippen molar-refractivity contribution < 1.29 is 4.79 Å². The molecule has 0 N–H and O–H groups in total. The summed E-state index contributed by atoms with van der Waals surface area (Å²) in [5.74, 6) is 1.39. The van der Waals surface area contributed by atoms with Crippen LogP contribution in [0, 0.1) is 5.92 Å². The van der Waals surface area contributed by atoms with Gasteiger partial charge in [0.25, 0.3) is 5.91 Å². The lowest BCUT2D eigenvalue weighted by molar-refractivity contribution is 0.0676. The van der Waals surface area contributed by atoms with E-state index in [1.54, 1.807) is 0 Å². The number of alkyl halides is 1. The van der Waals surface area contributed by atoms with Gasteiger partial charge in [-0.05, 0) is 63.1 Å². The second-order valence-electron chi connectivity index (χ2n) is 4.47. The Labute approximate surface area is 133 Å². The van der Waals surface area contributed by atoms with E-state index in [0.29, 0.717) is 11.8 Å². The molecule has 6 heteroatoms. The molecular formula is C12H14Br2ClNOS. The predicted octanol–water partition coefficient (Wildman–Crippen LogP) is 4.75. The van der Waals surface area contributed by atoms with Crippen molar-refractivity contribution >= 4 is 60.7 Å². The number of hydrogen-bond acceptors (Lipinski definition) is 2. The van der Waals surface area contributed by atoms with Crippen LogP contribution in [0.5, 0.6) is 0 Å². The van der Waals surface area contributed by atoms with Gasteiger partial charge in [-0.1, -0.05) is 0 Å². The third kappa shape index (κ3) is 3.50. The minimum atomic E-state index is 0.144. The van der Waals surface area contributed by atoms with Crippen molar-refractivity contribution in [3.8, 4) is 0 Å². The minimum absolute atomic E-state index is 0.144. The molecule has 0 aliphatic carbocycles. The molecule has 100 valence electrons. The molecule has 2 nitrogen and oxygen atoms in total. The molecule has 1 amide bonds. The molecule has 0 radical (unpaired) electrons. The highest BCUT2D eigenvalue weighted by atomic mass is 79.9. The second-order valence-corrected chi connectivity index (χ2v) is 8.07. The van der Waals surface area contributed by atoms with E-state index in [-0.39, 0.29) is 5.91 Å². The Hall–Kier alpha value is 0.420. The van der Waals surface area contributed by atoms with Crippen molar-refractivity contribution in [2.24, 2.45) is 5.92 Å². The lowest BCUT2D eigenvalue weighted by Crippen LogP contribution is -2.39. The topological polar surface area (TPSA) is 20.3 Å². The molecule has 1 unspecified atom stereocenters. The van der Waals surface area contributed by atoms with Crippen LogP contribution in [-0.4, -0.2) is 29.8 Å². The zero-order valence-electron chi connectivity index (χ0n) is 9.79. The van der Waals surface area contributed by atoms with Gasteiger partial charge in [-0.15, -0.1) is 22.9 Å². The Morgan fingerprint density at radius 1 is 1.56 bits per heavy atom. The van der Waals surface area contributed by atoms with Gasteiger partial charge >= 0.3 is 0 Å². The summed E-state index contributed by atoms with van der Waals surface area (Å²) in [6.45, 7) is 1.71. The van der Waals surface area contributed by atoms with Gasteiger partial charge < -0.3 is 4.90 Å². The maximum Gasteiger partial charge on any atom is 0.264 e. The van der Waals surface area contributed by atoms with Gasteiger partial charge in [0.1, 0.15) is 0 Å². The van der Waals surface area contributed by atoms with Gasteiger partial charge in [-0.3, -0.25) is 4.79 Å². The van der Waals surface area contributed by atoms with E-state index in [1.165, 1.54) is 17.8 Å². The number of thiophene rings is 1. The van der Waals surface area contributed by atoms with Crippen LogP contribution in [0.15, 0.2) is 14.3 Å². The number of nitrogens with zero attached hydrogens (tertiary/aromatic N) is 1. The Balaban J connectivity index is 2.04. The van der Waals surface area contributed by atoms with Crippen molar-refractivity contribution in [3.05, 3.63) is 19.2 Å². The van der Waals surface area contributed by atoms with Crippen LogP contribution in [0.3, 0.4) is 0 Å². The van der Waals surface area contributed by atoms with Crippen LogP contribution in [-0.2, 0) is 0 Å². The summed E-state index contributed by atoms with van der Waals surface area (Å²) in [6, 6.07) is 1.89. The number of halogens is 3. The molecule has 0 spiro atoms. The Kier molecular flexibility index (Phi) is 5.54. The summed E-state index contributed by atoms with van der Waals surface area (Å²) in [6.07, 6.45) is 3.28. The minimum Gasteiger partial charge on any atom is -0.338 e. The van der Waals surface area contributed by atoms with Crippen molar-refractivity contribution in [1.82, 2.24) is 4.90 Å². The smallest absolute Gasteiger partial charge is 0.264 e. The van der Waals surface area contributed by atoms with Gasteiger partial charge in [0.15, 0.2) is 0 Å². The van der Waals surface area contributed by atoms with E-state index in [9.17, 15) is 4.79 Å². The quantitative estimate of drug-likeness (QED) is 0.652. The van der Waals surface area contributed by atoms with Crippen LogP contribution in [0.1, 0.15) is 28.9 Å². The van der Waals surface area contributed by atoms with E-state index in [0.717, 1.165) is 39.1 Å². The van der Waals surface area contributed by atoms with Crippen LogP contribution in [0.25, 0.3) is 0 Å². The molecule has 18 heavy (non-hydrogen) atoms. The first kappa shape index (κ1) is 14.8. The molecule has 0 saturated carbocycles. The number of rotatable bonds is 3. The second kappa shape index (κ2) is 6.73. The molecule has 0 bridgehead atoms. The van der Waals surface area contributed by atoms with E-state index in [4.69, 9.17) is 11.6 Å². The maximum atomic E-state index is 12.4. The highest BCUT2D eigenvalue weighted by molar-refractivity contribution is 9.13. The average molecular weight is 416 g/mol. The summed E-state index contributed by atoms with van der Waals surface area (Å²) in [5.41, 5.74) is 0. The molecule has 0 aromatic carbocycles. The SMILES string of the molecule is O=C(c1cc(Br)c(Br)s1)N1CCCC(CCCl)C1. The number of amides is 1. The molecule has 2 rings (SSSR count). The molecule has 1 atom stereocenters. The molecule has 1 aromatic rings. The fourth-order valence-corrected chi connectivity index (χ4v) is 4.56. The van der Waals surface area contributed by atoms with Crippen molar-refractivity contribution in [2.45, 2.75) is 19.3 Å². The van der Waals surface area contributed by atoms with Crippen LogP contribution in [0.2, 0.25) is 0 Å². The lowest BCUT2D eigenvalue weighted by Gasteiger charge is -2.32. The third-order valence-electron chi connectivity index (χ3n) is 3.18. The summed E-state index contributed by atoms with van der Waals surface area (Å²) in [5, 5.41) is 0. The fraction of sp³-hybridized carbons (Fsp3) is 0.583. The van der Waals surface area contributed by atoms with E-state index in [1.807, 2.05) is 11.0 Å². The average Bonchev–Trinajstić information content (AvgIpc) is 2.69. The summed E-state index contributed by atoms with van der Waals surface area (Å²) >= 11 is 14.1. The fourth-order valence-electron chi connectivity index (χ4n) is 2.25. The van der Waals surface area contributed by atoms with Crippen LogP contribution < -0.4 is 0 Å². The van der Waals surface area contributed by atoms with Gasteiger partial charge in [-0.25, -0.2) is 0 Å². The number of hydrogen-bond donors (Lipinski definition) is 0. The zero-order valence-corrected chi connectivity index (χ0v) is 14.5. The summed E-state index contributed by atoms with van der Waals surface area (Å²) in [4.78, 5) is 15.1. The van der Waals surface area contributed by atoms with E-state index >= 15 is 0 Å². The number of carbonyl (C=O) groups is 1. The zero-order chi connectivity index (χ0) is 13.1. The summed E-state index contributed by atoms with van der Waals surface area (Å²) in [7, 11) is 0. The molecule has 1 aliphatic rings. The molecular weight excluding hydrogens is 401 g/mol. The van der Waals surface area contributed by atoms with Crippen LogP contribution in [0.4, 0.5) is 0 Å². The normalized spacial score (nSPS) is 20.2. The predicted molar refractivity (Wildman–Crippen MR) is 83.7 cm³/mol. The molecule has 1 aliphatic heterocycles. The Morgan fingerprint density at radius 3 is 2.94 bits per heavy atom. The first-order valence-electron chi connectivity index (χ1n) is 5.92. The van der Waals surface area contributed by atoms with Gasteiger partial charge in [0.2, 0.25) is 0 Å². The van der Waals surface area contributed by atoms with Crippen molar-refractivity contribution in [2.75, 3.05) is 19.0 Å². The highest BCUT2D eigenvalue weighted by Crippen LogP contribution is 2.33. The van der Waals surface area contributed by atoms with Gasteiger partial charge in [0, 0.05) is 23.4 Å². The van der Waals surface area contributed by atoms with Gasteiger partial charge in [-0.2, -0.15) is 0 Å². The molecule has 1 fully saturated rings. The first-order chi connectivity index (χ1) is 8.61. The standard InChI is InChI=1S/C12H14Br2ClNOS/c13-9-6-10(18-11(9)14)12(17)16-5-1-2-8(7-16)3-4-15/h6,8H,1-5,7H2. The Bertz CT molecular complexity index is 416. The van der Waals surface area contributed by atoms with E-state index < -0.39 is 0 Å². The maximum absolute atomic E-state index is 12.4. The van der Waals surface area contributed by atoms with Gasteiger partial charge in [0.05, 0.1) is 8.66 Å². The molecule has 1 aromatic heterocycles. The summed E-state index contributed by atoms with van der Waals surface area (Å²) < 4.78 is 1.92. The largest absolute Gasteiger partial charge is 0.338 e. The number of piperidine rings is 1. The number of carbonyl (C=O) groups excluding carboxylic acids is 1. The highest BCUT2D eigenvalue weighted by Gasteiger charge is 2.25. The van der Waals surface area contributed by atoms with Crippen molar-refractivity contribution in [3.63, 3.8) is 0 Å². The Morgan fingerprint density at radius 2 is 2.33 bits per heavy atom. The molecule has 2 heterocycles. The van der Waals surface area contributed by atoms with Crippen molar-refractivity contribution in [1.29, 1.82) is 0 Å². The van der Waals surface area contributed by atoms with E-state index in [2.05, 4.69) is 31.9 Å². The van der Waals surface area contributed by atoms with Crippen LogP contribution >= 0.6 is 54.8 Å². The monoisotopic (exact) mass is 413 g/mol. The first-order valence-corrected chi connectivity index (χ1v) is 8.85. The lowest BCUT2D eigenvalue weighted by atomic mass is 9.95. The number of likely N-dealkylation sites (tertiary alicyclic amines) is 1. The third-order valence-corrected chi connectivity index (χ3v) is 6.64. The molecule has 1 saturated heterocycles.